The minimum Gasteiger partial charge on any atom is -0.394 e. The van der Waals surface area contributed by atoms with E-state index in [1.165, 1.54) is 0 Å². The molecule has 0 aliphatic carbocycles. The van der Waals surface area contributed by atoms with Gasteiger partial charge in [0.15, 0.2) is 0 Å². The van der Waals surface area contributed by atoms with Gasteiger partial charge in [-0.05, 0) is 59.8 Å². The molecule has 0 aliphatic rings. The minimum absolute atomic E-state index is 0.0216. The summed E-state index contributed by atoms with van der Waals surface area (Å²) >= 11 is 8.52. The monoisotopic (exact) mass is 481 g/mol. The van der Waals surface area contributed by atoms with Gasteiger partial charge in [0.2, 0.25) is 5.95 Å². The molecule has 2 aromatic heterocycles. The number of rotatable bonds is 6. The number of hydrogen-bond acceptors (Lipinski definition) is 6. The fraction of sp³-hybridized carbons (Fsp3) is 0.167. The fourth-order valence-corrected chi connectivity index (χ4v) is 3.14. The molecule has 0 bridgehead atoms. The van der Waals surface area contributed by atoms with Gasteiger partial charge in [-0.2, -0.15) is 4.98 Å². The molecule has 6 nitrogen and oxygen atoms in total. The van der Waals surface area contributed by atoms with Crippen LogP contribution in [-0.2, 0) is 0 Å². The Labute approximate surface area is 170 Å². The second kappa shape index (κ2) is 8.61. The van der Waals surface area contributed by atoms with Crippen molar-refractivity contribution in [2.45, 2.75) is 13.0 Å². The lowest BCUT2D eigenvalue weighted by atomic mass is 10.2. The van der Waals surface area contributed by atoms with Crippen molar-refractivity contribution >= 4 is 51.6 Å². The Morgan fingerprint density at radius 1 is 1.23 bits per heavy atom. The molecule has 2 heterocycles. The smallest absolute Gasteiger partial charge is 0.225 e. The van der Waals surface area contributed by atoms with E-state index in [9.17, 15) is 5.11 Å². The number of anilines is 3. The van der Waals surface area contributed by atoms with E-state index < -0.39 is 0 Å². The first-order valence-corrected chi connectivity index (χ1v) is 9.40. The molecule has 0 spiro atoms. The molecule has 1 atom stereocenters. The summed E-state index contributed by atoms with van der Waals surface area (Å²) in [6, 6.07) is 11.2. The fourth-order valence-electron chi connectivity index (χ4n) is 2.23. The standard InChI is InChI=1S/C18H17ClIN5O/c1-11(10-26)22-18-24-16(12-3-2-6-21-9-12)8-17(25-18)23-15-5-4-13(20)7-14(15)19/h2-9,11,26H,10H2,1H3,(H2,22,23,24,25)/t11-/m0/s1. The molecule has 1 aromatic carbocycles. The van der Waals surface area contributed by atoms with Crippen molar-refractivity contribution < 1.29 is 5.11 Å². The molecule has 3 rings (SSSR count). The lowest BCUT2D eigenvalue weighted by Gasteiger charge is -2.14. The molecule has 3 N–H and O–H groups in total. The average Bonchev–Trinajstić information content (AvgIpc) is 2.64. The third kappa shape index (κ3) is 4.80. The number of nitrogens with zero attached hydrogens (tertiary/aromatic N) is 3. The molecule has 0 radical (unpaired) electrons. The SMILES string of the molecule is C[C@@H](CO)Nc1nc(Nc2ccc(I)cc2Cl)cc(-c2cccnc2)n1. The minimum atomic E-state index is -0.172. The number of pyridine rings is 1. The van der Waals surface area contributed by atoms with Crippen LogP contribution in [0.25, 0.3) is 11.3 Å². The van der Waals surface area contributed by atoms with Gasteiger partial charge in [0.25, 0.3) is 0 Å². The van der Waals surface area contributed by atoms with Crippen LogP contribution >= 0.6 is 34.2 Å². The predicted octanol–water partition coefficient (Wildman–Crippen LogP) is 4.33. The third-order valence-corrected chi connectivity index (χ3v) is 4.51. The molecule has 0 fully saturated rings. The van der Waals surface area contributed by atoms with Gasteiger partial charge in [0, 0.05) is 33.6 Å². The van der Waals surface area contributed by atoms with Crippen molar-refractivity contribution in [3.8, 4) is 11.3 Å². The Bertz CT molecular complexity index is 894. The summed E-state index contributed by atoms with van der Waals surface area (Å²) in [7, 11) is 0. The van der Waals surface area contributed by atoms with Crippen LogP contribution in [0.15, 0.2) is 48.8 Å². The van der Waals surface area contributed by atoms with Crippen LogP contribution in [0.3, 0.4) is 0 Å². The van der Waals surface area contributed by atoms with Crippen LogP contribution < -0.4 is 10.6 Å². The van der Waals surface area contributed by atoms with E-state index in [0.717, 1.165) is 14.8 Å². The zero-order valence-corrected chi connectivity index (χ0v) is 16.9. The van der Waals surface area contributed by atoms with Crippen molar-refractivity contribution in [2.75, 3.05) is 17.2 Å². The highest BCUT2D eigenvalue weighted by atomic mass is 127. The second-order valence-electron chi connectivity index (χ2n) is 5.68. The maximum atomic E-state index is 9.29. The van der Waals surface area contributed by atoms with Crippen LogP contribution in [0.1, 0.15) is 6.92 Å². The van der Waals surface area contributed by atoms with Gasteiger partial charge >= 0.3 is 0 Å². The normalized spacial score (nSPS) is 11.8. The third-order valence-electron chi connectivity index (χ3n) is 3.53. The van der Waals surface area contributed by atoms with Crippen LogP contribution in [-0.4, -0.2) is 32.7 Å². The maximum Gasteiger partial charge on any atom is 0.225 e. The van der Waals surface area contributed by atoms with E-state index >= 15 is 0 Å². The van der Waals surface area contributed by atoms with Crippen molar-refractivity contribution in [3.05, 3.63) is 57.4 Å². The summed E-state index contributed by atoms with van der Waals surface area (Å²) in [4.78, 5) is 13.1. The van der Waals surface area contributed by atoms with Crippen LogP contribution in [0.4, 0.5) is 17.5 Å². The molecule has 0 aliphatic heterocycles. The second-order valence-corrected chi connectivity index (χ2v) is 7.33. The molecule has 0 saturated carbocycles. The summed E-state index contributed by atoms with van der Waals surface area (Å²) in [5.41, 5.74) is 2.33. The highest BCUT2D eigenvalue weighted by Gasteiger charge is 2.11. The zero-order chi connectivity index (χ0) is 18.5. The first kappa shape index (κ1) is 18.8. The number of aliphatic hydroxyl groups excluding tert-OH is 1. The molecule has 8 heteroatoms. The zero-order valence-electron chi connectivity index (χ0n) is 13.9. The molecule has 134 valence electrons. The Morgan fingerprint density at radius 2 is 2.08 bits per heavy atom. The molecule has 26 heavy (non-hydrogen) atoms. The quantitative estimate of drug-likeness (QED) is 0.455. The van der Waals surface area contributed by atoms with Gasteiger partial charge in [-0.15, -0.1) is 0 Å². The van der Waals surface area contributed by atoms with E-state index in [2.05, 4.69) is 48.2 Å². The number of nitrogens with one attached hydrogen (secondary N) is 2. The summed E-state index contributed by atoms with van der Waals surface area (Å²) in [6.07, 6.45) is 3.45. The van der Waals surface area contributed by atoms with E-state index in [4.69, 9.17) is 11.6 Å². The van der Waals surface area contributed by atoms with E-state index in [1.807, 2.05) is 43.3 Å². The average molecular weight is 482 g/mol. The first-order valence-electron chi connectivity index (χ1n) is 7.94. The molecule has 3 aromatic rings. The van der Waals surface area contributed by atoms with Crippen molar-refractivity contribution in [1.82, 2.24) is 15.0 Å². The van der Waals surface area contributed by atoms with Gasteiger partial charge in [-0.1, -0.05) is 11.6 Å². The predicted molar refractivity (Wildman–Crippen MR) is 113 cm³/mol. The van der Waals surface area contributed by atoms with E-state index in [-0.39, 0.29) is 12.6 Å². The largest absolute Gasteiger partial charge is 0.394 e. The Balaban J connectivity index is 1.98. The lowest BCUT2D eigenvalue weighted by molar-refractivity contribution is 0.281. The van der Waals surface area contributed by atoms with Crippen LogP contribution in [0.5, 0.6) is 0 Å². The summed E-state index contributed by atoms with van der Waals surface area (Å²) in [5, 5.41) is 16.2. The topological polar surface area (TPSA) is 83.0 Å². The van der Waals surface area contributed by atoms with Crippen LogP contribution in [0, 0.1) is 3.57 Å². The van der Waals surface area contributed by atoms with Gasteiger partial charge in [-0.25, -0.2) is 4.98 Å². The van der Waals surface area contributed by atoms with Gasteiger partial charge in [0.05, 0.1) is 23.0 Å². The number of aromatic nitrogens is 3. The number of benzene rings is 1. The summed E-state index contributed by atoms with van der Waals surface area (Å²) in [5.74, 6) is 1.01. The molecule has 0 saturated heterocycles. The van der Waals surface area contributed by atoms with Crippen molar-refractivity contribution in [1.29, 1.82) is 0 Å². The number of aliphatic hydroxyl groups is 1. The number of hydrogen-bond donors (Lipinski definition) is 3. The summed E-state index contributed by atoms with van der Waals surface area (Å²) < 4.78 is 1.05. The molecular weight excluding hydrogens is 465 g/mol. The van der Waals surface area contributed by atoms with Crippen molar-refractivity contribution in [3.63, 3.8) is 0 Å². The Morgan fingerprint density at radius 3 is 2.77 bits per heavy atom. The van der Waals surface area contributed by atoms with Crippen molar-refractivity contribution in [2.24, 2.45) is 0 Å². The van der Waals surface area contributed by atoms with Crippen LogP contribution in [0.2, 0.25) is 5.02 Å². The van der Waals surface area contributed by atoms with E-state index in [0.29, 0.717) is 22.5 Å². The molecule has 0 amide bonds. The molecular formula is C18H17ClIN5O. The highest BCUT2D eigenvalue weighted by molar-refractivity contribution is 14.1. The first-order chi connectivity index (χ1) is 12.5. The number of halogens is 2. The lowest BCUT2D eigenvalue weighted by Crippen LogP contribution is -2.21. The van der Waals surface area contributed by atoms with Gasteiger partial charge in [0.1, 0.15) is 5.82 Å². The van der Waals surface area contributed by atoms with Gasteiger partial charge in [-0.3, -0.25) is 4.98 Å². The van der Waals surface area contributed by atoms with E-state index in [1.54, 1.807) is 12.4 Å². The Kier molecular flexibility index (Phi) is 6.23. The van der Waals surface area contributed by atoms with Gasteiger partial charge < -0.3 is 15.7 Å². The highest BCUT2D eigenvalue weighted by Crippen LogP contribution is 2.28. The Hall–Kier alpha value is -1.97. The molecule has 0 unspecified atom stereocenters. The maximum absolute atomic E-state index is 9.29. The summed E-state index contributed by atoms with van der Waals surface area (Å²) in [6.45, 7) is 1.83.